The highest BCUT2D eigenvalue weighted by molar-refractivity contribution is 4.67. The van der Waals surface area contributed by atoms with Crippen molar-refractivity contribution in [2.45, 2.75) is 25.9 Å². The van der Waals surface area contributed by atoms with Crippen molar-refractivity contribution in [3.8, 4) is 0 Å². The topological polar surface area (TPSA) is 61.2 Å². The third kappa shape index (κ3) is 6.35. The van der Waals surface area contributed by atoms with E-state index in [-0.39, 0.29) is 0 Å². The lowest BCUT2D eigenvalue weighted by molar-refractivity contribution is 0.0707. The van der Waals surface area contributed by atoms with Crippen molar-refractivity contribution in [3.63, 3.8) is 0 Å². The van der Waals surface area contributed by atoms with E-state index >= 15 is 0 Å². The highest BCUT2D eigenvalue weighted by atomic mass is 16.5. The Bertz CT molecular complexity index is 266. The molecule has 0 amide bonds. The zero-order chi connectivity index (χ0) is 12.3. The van der Waals surface area contributed by atoms with E-state index < -0.39 is 0 Å². The molecule has 0 aromatic carbocycles. The van der Waals surface area contributed by atoms with Crippen LogP contribution in [-0.4, -0.2) is 54.3 Å². The van der Waals surface area contributed by atoms with Crippen molar-refractivity contribution >= 4 is 0 Å². The summed E-state index contributed by atoms with van der Waals surface area (Å²) in [5.41, 5.74) is 0. The molecule has 0 aliphatic rings. The van der Waals surface area contributed by atoms with Gasteiger partial charge in [0.15, 0.2) is 0 Å². The highest BCUT2D eigenvalue weighted by Crippen LogP contribution is 1.94. The fourth-order valence-electron chi connectivity index (χ4n) is 1.47. The smallest absolute Gasteiger partial charge is 0.137 e. The number of nitrogens with one attached hydrogen (secondary N) is 1. The molecule has 0 fully saturated rings. The zero-order valence-electron chi connectivity index (χ0n) is 10.6. The van der Waals surface area contributed by atoms with Crippen molar-refractivity contribution in [3.05, 3.63) is 12.7 Å². The van der Waals surface area contributed by atoms with E-state index in [9.17, 15) is 0 Å². The van der Waals surface area contributed by atoms with Gasteiger partial charge in [0.25, 0.3) is 0 Å². The van der Waals surface area contributed by atoms with E-state index in [1.54, 1.807) is 19.8 Å². The van der Waals surface area contributed by atoms with Crippen LogP contribution >= 0.6 is 0 Å². The number of hydrogen-bond donors (Lipinski definition) is 1. The second-order valence-corrected chi connectivity index (χ2v) is 3.78. The van der Waals surface area contributed by atoms with Crippen molar-refractivity contribution in [2.75, 3.05) is 33.5 Å². The van der Waals surface area contributed by atoms with Gasteiger partial charge in [-0.2, -0.15) is 5.10 Å². The third-order valence-corrected chi connectivity index (χ3v) is 2.48. The fourth-order valence-corrected chi connectivity index (χ4v) is 1.47. The predicted octanol–water partition coefficient (Wildman–Crippen LogP) is 0.309. The van der Waals surface area contributed by atoms with Crippen LogP contribution in [0.5, 0.6) is 0 Å². The van der Waals surface area contributed by atoms with E-state index in [1.807, 2.05) is 4.68 Å². The monoisotopic (exact) mass is 242 g/mol. The zero-order valence-corrected chi connectivity index (χ0v) is 10.6. The molecule has 0 spiro atoms. The van der Waals surface area contributed by atoms with Crippen LogP contribution in [0.15, 0.2) is 12.7 Å². The summed E-state index contributed by atoms with van der Waals surface area (Å²) in [6.07, 6.45) is 4.35. The van der Waals surface area contributed by atoms with Gasteiger partial charge >= 0.3 is 0 Å². The van der Waals surface area contributed by atoms with E-state index in [0.29, 0.717) is 25.9 Å². The Kier molecular flexibility index (Phi) is 7.53. The van der Waals surface area contributed by atoms with Gasteiger partial charge in [-0.3, -0.25) is 4.68 Å². The molecular weight excluding hydrogens is 220 g/mol. The van der Waals surface area contributed by atoms with Crippen molar-refractivity contribution in [1.29, 1.82) is 0 Å². The standard InChI is InChI=1S/C11H22N4O2/c1-3-11(8-15-10-12-9-14-15)13-4-5-17-7-6-16-2/h9-11,13H,3-8H2,1-2H3. The second-order valence-electron chi connectivity index (χ2n) is 3.78. The molecule has 6 heteroatoms. The molecule has 1 atom stereocenters. The summed E-state index contributed by atoms with van der Waals surface area (Å²) in [6, 6.07) is 0.405. The molecule has 0 aliphatic heterocycles. The molecule has 98 valence electrons. The lowest BCUT2D eigenvalue weighted by Gasteiger charge is -2.16. The van der Waals surface area contributed by atoms with E-state index in [0.717, 1.165) is 19.5 Å². The Morgan fingerprint density at radius 2 is 2.24 bits per heavy atom. The molecule has 1 aromatic heterocycles. The first-order valence-electron chi connectivity index (χ1n) is 5.99. The minimum Gasteiger partial charge on any atom is -0.382 e. The molecule has 0 bridgehead atoms. The maximum atomic E-state index is 5.38. The van der Waals surface area contributed by atoms with Gasteiger partial charge in [-0.15, -0.1) is 0 Å². The molecule has 1 heterocycles. The number of methoxy groups -OCH3 is 1. The van der Waals surface area contributed by atoms with Gasteiger partial charge in [0.1, 0.15) is 12.7 Å². The molecule has 0 aliphatic carbocycles. The van der Waals surface area contributed by atoms with Crippen LogP contribution in [0.4, 0.5) is 0 Å². The molecule has 17 heavy (non-hydrogen) atoms. The summed E-state index contributed by atoms with van der Waals surface area (Å²) in [5.74, 6) is 0. The van der Waals surface area contributed by atoms with Crippen LogP contribution in [0.3, 0.4) is 0 Å². The second kappa shape index (κ2) is 9.09. The minimum atomic E-state index is 0.405. The van der Waals surface area contributed by atoms with Gasteiger partial charge in [0.2, 0.25) is 0 Å². The van der Waals surface area contributed by atoms with Gasteiger partial charge < -0.3 is 14.8 Å². The average Bonchev–Trinajstić information content (AvgIpc) is 2.85. The fraction of sp³-hybridized carbons (Fsp3) is 0.818. The molecule has 1 unspecified atom stereocenters. The normalized spacial score (nSPS) is 12.8. The maximum absolute atomic E-state index is 5.38. The Morgan fingerprint density at radius 1 is 1.35 bits per heavy atom. The van der Waals surface area contributed by atoms with Crippen LogP contribution in [-0.2, 0) is 16.0 Å². The van der Waals surface area contributed by atoms with Gasteiger partial charge in [-0.1, -0.05) is 6.92 Å². The number of ether oxygens (including phenoxy) is 2. The number of nitrogens with zero attached hydrogens (tertiary/aromatic N) is 3. The first kappa shape index (κ1) is 14.1. The largest absolute Gasteiger partial charge is 0.382 e. The summed E-state index contributed by atoms with van der Waals surface area (Å²) in [4.78, 5) is 3.93. The number of aromatic nitrogens is 3. The molecular formula is C11H22N4O2. The van der Waals surface area contributed by atoms with Gasteiger partial charge in [0.05, 0.1) is 26.4 Å². The van der Waals surface area contributed by atoms with Crippen LogP contribution in [0, 0.1) is 0 Å². The van der Waals surface area contributed by atoms with Crippen molar-refractivity contribution in [1.82, 2.24) is 20.1 Å². The summed E-state index contributed by atoms with van der Waals surface area (Å²) in [5, 5.41) is 7.52. The third-order valence-electron chi connectivity index (χ3n) is 2.48. The Labute approximate surface area is 102 Å². The Morgan fingerprint density at radius 3 is 2.88 bits per heavy atom. The summed E-state index contributed by atoms with van der Waals surface area (Å²) in [6.45, 7) is 5.84. The Hall–Kier alpha value is -0.980. The lowest BCUT2D eigenvalue weighted by Crippen LogP contribution is -2.35. The highest BCUT2D eigenvalue weighted by Gasteiger charge is 2.06. The summed E-state index contributed by atoms with van der Waals surface area (Å²) < 4.78 is 12.1. The minimum absolute atomic E-state index is 0.405. The molecule has 0 saturated carbocycles. The first-order valence-corrected chi connectivity index (χ1v) is 5.99. The SMILES string of the molecule is CCC(Cn1cncn1)NCCOCCOC. The molecule has 6 nitrogen and oxygen atoms in total. The van der Waals surface area contributed by atoms with E-state index in [1.165, 1.54) is 0 Å². The first-order chi connectivity index (χ1) is 8.36. The summed E-state index contributed by atoms with van der Waals surface area (Å²) >= 11 is 0. The molecule has 0 saturated heterocycles. The van der Waals surface area contributed by atoms with E-state index in [4.69, 9.17) is 9.47 Å². The van der Waals surface area contributed by atoms with E-state index in [2.05, 4.69) is 22.3 Å². The van der Waals surface area contributed by atoms with Gasteiger partial charge in [-0.25, -0.2) is 4.98 Å². The number of rotatable bonds is 10. The van der Waals surface area contributed by atoms with Crippen molar-refractivity contribution < 1.29 is 9.47 Å². The molecule has 1 N–H and O–H groups in total. The van der Waals surface area contributed by atoms with Gasteiger partial charge in [0, 0.05) is 19.7 Å². The van der Waals surface area contributed by atoms with Crippen LogP contribution in [0.25, 0.3) is 0 Å². The molecule has 1 rings (SSSR count). The summed E-state index contributed by atoms with van der Waals surface area (Å²) in [7, 11) is 1.67. The van der Waals surface area contributed by atoms with Crippen molar-refractivity contribution in [2.24, 2.45) is 0 Å². The number of hydrogen-bond acceptors (Lipinski definition) is 5. The predicted molar refractivity (Wildman–Crippen MR) is 64.8 cm³/mol. The average molecular weight is 242 g/mol. The van der Waals surface area contributed by atoms with Crippen LogP contribution < -0.4 is 5.32 Å². The Balaban J connectivity index is 2.06. The van der Waals surface area contributed by atoms with Crippen LogP contribution in [0.2, 0.25) is 0 Å². The van der Waals surface area contributed by atoms with Gasteiger partial charge in [-0.05, 0) is 6.42 Å². The van der Waals surface area contributed by atoms with Crippen LogP contribution in [0.1, 0.15) is 13.3 Å². The molecule has 1 aromatic rings. The lowest BCUT2D eigenvalue weighted by atomic mass is 10.2. The quantitative estimate of drug-likeness (QED) is 0.598. The maximum Gasteiger partial charge on any atom is 0.137 e. The molecule has 0 radical (unpaired) electrons.